The Morgan fingerprint density at radius 2 is 1.74 bits per heavy atom. The number of amides is 1. The minimum absolute atomic E-state index is 0.00426. The number of carbonyl (C=O) groups is 1. The van der Waals surface area contributed by atoms with E-state index in [1.165, 1.54) is 0 Å². The summed E-state index contributed by atoms with van der Waals surface area (Å²) in [7, 11) is 0. The molecule has 0 unspecified atom stereocenters. The van der Waals surface area contributed by atoms with Gasteiger partial charge in [0.1, 0.15) is 11.9 Å². The monoisotopic (exact) mass is 304 g/mol. The van der Waals surface area contributed by atoms with Crippen molar-refractivity contribution < 1.29 is 9.21 Å². The first kappa shape index (κ1) is 13.6. The van der Waals surface area contributed by atoms with Gasteiger partial charge < -0.3 is 14.6 Å². The first-order chi connectivity index (χ1) is 11.3. The summed E-state index contributed by atoms with van der Waals surface area (Å²) < 4.78 is 5.44. The summed E-state index contributed by atoms with van der Waals surface area (Å²) in [6.45, 7) is 0.423. The molecule has 1 aromatic heterocycles. The summed E-state index contributed by atoms with van der Waals surface area (Å²) in [5.41, 5.74) is 2.59. The zero-order valence-corrected chi connectivity index (χ0v) is 12.5. The molecule has 0 saturated carbocycles. The Morgan fingerprint density at radius 3 is 2.52 bits per heavy atom. The first-order valence-electron chi connectivity index (χ1n) is 7.57. The molecule has 0 saturated heterocycles. The Labute approximate surface area is 134 Å². The maximum atomic E-state index is 13.0. The van der Waals surface area contributed by atoms with Crippen LogP contribution in [0.15, 0.2) is 77.4 Å². The lowest BCUT2D eigenvalue weighted by atomic mass is 10.0. The summed E-state index contributed by atoms with van der Waals surface area (Å²) in [5, 5.41) is 3.47. The number of hydrogen-bond donors (Lipinski definition) is 1. The Hall–Kier alpha value is -3.01. The standard InChI is InChI=1S/C19H16N2O2/c22-19-16-10-4-5-11-17(16)20-18(14-7-2-1-3-8-14)21(19)13-15-9-6-12-23-15/h1-12,18,20H,13H2/t18-/m0/s1. The third kappa shape index (κ3) is 2.48. The summed E-state index contributed by atoms with van der Waals surface area (Å²) >= 11 is 0. The SMILES string of the molecule is O=C1c2ccccc2N[C@H](c2ccccc2)N1Cc1ccco1. The van der Waals surface area contributed by atoms with Gasteiger partial charge >= 0.3 is 0 Å². The molecule has 2 heterocycles. The smallest absolute Gasteiger partial charge is 0.258 e. The van der Waals surface area contributed by atoms with Gasteiger partial charge in [-0.3, -0.25) is 4.79 Å². The number of hydrogen-bond acceptors (Lipinski definition) is 3. The second-order valence-corrected chi connectivity index (χ2v) is 5.52. The minimum Gasteiger partial charge on any atom is -0.467 e. The van der Waals surface area contributed by atoms with Gasteiger partial charge in [0.15, 0.2) is 0 Å². The highest BCUT2D eigenvalue weighted by Crippen LogP contribution is 2.33. The number of furan rings is 1. The predicted octanol–water partition coefficient (Wildman–Crippen LogP) is 4.05. The van der Waals surface area contributed by atoms with Crippen molar-refractivity contribution in [1.82, 2.24) is 4.90 Å². The van der Waals surface area contributed by atoms with Crippen molar-refractivity contribution in [2.24, 2.45) is 0 Å². The van der Waals surface area contributed by atoms with Gasteiger partial charge in [-0.05, 0) is 29.8 Å². The van der Waals surface area contributed by atoms with Gasteiger partial charge in [-0.15, -0.1) is 0 Å². The second kappa shape index (κ2) is 5.65. The lowest BCUT2D eigenvalue weighted by Gasteiger charge is -2.37. The molecule has 1 aliphatic rings. The molecule has 1 N–H and O–H groups in total. The maximum absolute atomic E-state index is 13.0. The van der Waals surface area contributed by atoms with Crippen LogP contribution in [0.3, 0.4) is 0 Å². The first-order valence-corrected chi connectivity index (χ1v) is 7.57. The fourth-order valence-electron chi connectivity index (χ4n) is 2.92. The minimum atomic E-state index is -0.219. The molecule has 2 aromatic carbocycles. The van der Waals surface area contributed by atoms with Crippen molar-refractivity contribution in [2.75, 3.05) is 5.32 Å². The topological polar surface area (TPSA) is 45.5 Å². The van der Waals surface area contributed by atoms with Crippen LogP contribution in [0, 0.1) is 0 Å². The van der Waals surface area contributed by atoms with Gasteiger partial charge in [-0.2, -0.15) is 0 Å². The highest BCUT2D eigenvalue weighted by atomic mass is 16.3. The van der Waals surface area contributed by atoms with Crippen molar-refractivity contribution >= 4 is 11.6 Å². The van der Waals surface area contributed by atoms with Crippen LogP contribution in [0.25, 0.3) is 0 Å². The molecule has 4 nitrogen and oxygen atoms in total. The third-order valence-electron chi connectivity index (χ3n) is 4.04. The Kier molecular flexibility index (Phi) is 3.35. The van der Waals surface area contributed by atoms with Crippen LogP contribution in [-0.2, 0) is 6.54 Å². The summed E-state index contributed by atoms with van der Waals surface area (Å²) in [6, 6.07) is 21.3. The molecular formula is C19H16N2O2. The average Bonchev–Trinajstić information content (AvgIpc) is 3.11. The molecule has 0 fully saturated rings. The van der Waals surface area contributed by atoms with E-state index in [2.05, 4.69) is 5.32 Å². The van der Waals surface area contributed by atoms with Crippen LogP contribution in [0.1, 0.15) is 27.8 Å². The lowest BCUT2D eigenvalue weighted by Crippen LogP contribution is -2.42. The zero-order valence-electron chi connectivity index (χ0n) is 12.5. The molecule has 0 bridgehead atoms. The number of nitrogens with one attached hydrogen (secondary N) is 1. The van der Waals surface area contributed by atoms with E-state index in [0.717, 1.165) is 17.0 Å². The highest BCUT2D eigenvalue weighted by molar-refractivity contribution is 6.01. The van der Waals surface area contributed by atoms with Crippen molar-refractivity contribution in [3.8, 4) is 0 Å². The van der Waals surface area contributed by atoms with Crippen LogP contribution in [0.2, 0.25) is 0 Å². The normalized spacial score (nSPS) is 16.8. The average molecular weight is 304 g/mol. The van der Waals surface area contributed by atoms with Crippen LogP contribution < -0.4 is 5.32 Å². The van der Waals surface area contributed by atoms with Gasteiger partial charge in [0.2, 0.25) is 0 Å². The number of carbonyl (C=O) groups excluding carboxylic acids is 1. The molecule has 1 amide bonds. The van der Waals surface area contributed by atoms with Crippen molar-refractivity contribution in [2.45, 2.75) is 12.7 Å². The lowest BCUT2D eigenvalue weighted by molar-refractivity contribution is 0.0651. The molecule has 0 radical (unpaired) electrons. The van der Waals surface area contributed by atoms with E-state index < -0.39 is 0 Å². The second-order valence-electron chi connectivity index (χ2n) is 5.52. The van der Waals surface area contributed by atoms with E-state index >= 15 is 0 Å². The highest BCUT2D eigenvalue weighted by Gasteiger charge is 2.33. The molecule has 3 aromatic rings. The molecule has 1 atom stereocenters. The number of nitrogens with zero attached hydrogens (tertiary/aromatic N) is 1. The van der Waals surface area contributed by atoms with Crippen LogP contribution >= 0.6 is 0 Å². The molecule has 4 heteroatoms. The summed E-state index contributed by atoms with van der Waals surface area (Å²) in [5.74, 6) is 0.769. The van der Waals surface area contributed by atoms with Gasteiger partial charge in [0.25, 0.3) is 5.91 Å². The van der Waals surface area contributed by atoms with Gasteiger partial charge in [0, 0.05) is 5.69 Å². The van der Waals surface area contributed by atoms with Crippen LogP contribution in [0.4, 0.5) is 5.69 Å². The quantitative estimate of drug-likeness (QED) is 0.794. The van der Waals surface area contributed by atoms with Gasteiger partial charge in [0.05, 0.1) is 18.4 Å². The van der Waals surface area contributed by atoms with Crippen molar-refractivity contribution in [3.63, 3.8) is 0 Å². The molecule has 0 aliphatic carbocycles. The predicted molar refractivity (Wildman–Crippen MR) is 87.8 cm³/mol. The molecular weight excluding hydrogens is 288 g/mol. The molecule has 4 rings (SSSR count). The number of fused-ring (bicyclic) bond motifs is 1. The Morgan fingerprint density at radius 1 is 0.957 bits per heavy atom. The van der Waals surface area contributed by atoms with E-state index in [9.17, 15) is 4.79 Å². The maximum Gasteiger partial charge on any atom is 0.258 e. The number of para-hydroxylation sites is 1. The third-order valence-corrected chi connectivity index (χ3v) is 4.04. The molecule has 23 heavy (non-hydrogen) atoms. The van der Waals surface area contributed by atoms with Crippen molar-refractivity contribution in [3.05, 3.63) is 89.9 Å². The van der Waals surface area contributed by atoms with E-state index in [1.807, 2.05) is 66.7 Å². The number of anilines is 1. The largest absolute Gasteiger partial charge is 0.467 e. The van der Waals surface area contributed by atoms with Gasteiger partial charge in [-0.25, -0.2) is 0 Å². The zero-order chi connectivity index (χ0) is 15.6. The number of benzene rings is 2. The number of rotatable bonds is 3. The van der Waals surface area contributed by atoms with Crippen LogP contribution in [0.5, 0.6) is 0 Å². The molecule has 1 aliphatic heterocycles. The Bertz CT molecular complexity index is 812. The Balaban J connectivity index is 1.76. The molecule has 0 spiro atoms. The summed E-state index contributed by atoms with van der Waals surface area (Å²) in [6.07, 6.45) is 1.41. The van der Waals surface area contributed by atoms with E-state index in [0.29, 0.717) is 12.1 Å². The van der Waals surface area contributed by atoms with E-state index in [1.54, 1.807) is 11.2 Å². The van der Waals surface area contributed by atoms with Gasteiger partial charge in [-0.1, -0.05) is 42.5 Å². The van der Waals surface area contributed by atoms with Crippen LogP contribution in [-0.4, -0.2) is 10.8 Å². The van der Waals surface area contributed by atoms with E-state index in [4.69, 9.17) is 4.42 Å². The fourth-order valence-corrected chi connectivity index (χ4v) is 2.92. The fraction of sp³-hybridized carbons (Fsp3) is 0.105. The summed E-state index contributed by atoms with van der Waals surface area (Å²) in [4.78, 5) is 14.8. The molecule has 114 valence electrons. The van der Waals surface area contributed by atoms with Crippen molar-refractivity contribution in [1.29, 1.82) is 0 Å². The van der Waals surface area contributed by atoms with E-state index in [-0.39, 0.29) is 12.1 Å².